The van der Waals surface area contributed by atoms with Gasteiger partial charge in [-0.05, 0) is 38.3 Å². The normalized spacial score (nSPS) is 12.8. The van der Waals surface area contributed by atoms with Gasteiger partial charge in [0.25, 0.3) is 0 Å². The maximum absolute atomic E-state index is 12.5. The maximum Gasteiger partial charge on any atom is 0.408 e. The van der Waals surface area contributed by atoms with Gasteiger partial charge in [0.2, 0.25) is 0 Å². The van der Waals surface area contributed by atoms with E-state index in [0.29, 0.717) is 0 Å². The molecule has 2 aromatic rings. The van der Waals surface area contributed by atoms with Gasteiger partial charge in [0.1, 0.15) is 12.2 Å². The first-order valence-electron chi connectivity index (χ1n) is 10.3. The van der Waals surface area contributed by atoms with E-state index in [1.54, 1.807) is 20.8 Å². The number of hydrogen-bond donors (Lipinski definition) is 2. The Hall–Kier alpha value is -3.55. The number of methoxy groups -OCH3 is 1. The number of alkyl carbamates (subject to hydrolysis) is 2. The minimum Gasteiger partial charge on any atom is -0.467 e. The summed E-state index contributed by atoms with van der Waals surface area (Å²) in [6.07, 6.45) is -1.28. The Bertz CT molecular complexity index is 880. The lowest BCUT2D eigenvalue weighted by atomic mass is 9.99. The van der Waals surface area contributed by atoms with Gasteiger partial charge in [0.15, 0.2) is 6.04 Å². The molecular weight excluding hydrogens is 412 g/mol. The molecule has 0 bridgehead atoms. The molecule has 8 heteroatoms. The van der Waals surface area contributed by atoms with E-state index in [-0.39, 0.29) is 13.0 Å². The van der Waals surface area contributed by atoms with Gasteiger partial charge in [-0.3, -0.25) is 0 Å². The van der Waals surface area contributed by atoms with Gasteiger partial charge >= 0.3 is 18.2 Å². The fourth-order valence-corrected chi connectivity index (χ4v) is 2.92. The summed E-state index contributed by atoms with van der Waals surface area (Å²) in [5.74, 6) is -0.722. The predicted molar refractivity (Wildman–Crippen MR) is 119 cm³/mol. The van der Waals surface area contributed by atoms with Crippen LogP contribution in [0.25, 0.3) is 0 Å². The third-order valence-corrected chi connectivity index (χ3v) is 4.34. The predicted octanol–water partition coefficient (Wildman–Crippen LogP) is 3.59. The molecule has 0 saturated heterocycles. The highest BCUT2D eigenvalue weighted by atomic mass is 16.6. The van der Waals surface area contributed by atoms with E-state index < -0.39 is 35.8 Å². The third kappa shape index (κ3) is 8.67. The lowest BCUT2D eigenvalue weighted by molar-refractivity contribution is -0.143. The van der Waals surface area contributed by atoms with Crippen molar-refractivity contribution in [2.24, 2.45) is 0 Å². The standard InChI is InChI=1S/C24H30N2O6/c1-24(2,3)32-23(29)26-20(21(27)30-4)19(15-17-11-7-5-8-12-17)25-22(28)31-16-18-13-9-6-10-14-18/h5-14,19-20H,15-16H2,1-4H3,(H,25,28)(H,26,29)/t19-,20+/m0/s1. The van der Waals surface area contributed by atoms with Crippen molar-refractivity contribution < 1.29 is 28.6 Å². The number of hydrogen-bond acceptors (Lipinski definition) is 6. The lowest BCUT2D eigenvalue weighted by Crippen LogP contribution is -2.57. The summed E-state index contributed by atoms with van der Waals surface area (Å²) in [5, 5.41) is 5.20. The summed E-state index contributed by atoms with van der Waals surface area (Å²) in [7, 11) is 1.21. The zero-order chi connectivity index (χ0) is 23.6. The second-order valence-electron chi connectivity index (χ2n) is 8.15. The van der Waals surface area contributed by atoms with Crippen LogP contribution >= 0.6 is 0 Å². The number of rotatable bonds is 8. The molecule has 2 N–H and O–H groups in total. The molecule has 2 amide bonds. The number of benzene rings is 2. The van der Waals surface area contributed by atoms with Gasteiger partial charge in [-0.15, -0.1) is 0 Å². The molecule has 0 aliphatic heterocycles. The second kappa shape index (κ2) is 11.7. The van der Waals surface area contributed by atoms with Crippen LogP contribution < -0.4 is 10.6 Å². The first-order valence-corrected chi connectivity index (χ1v) is 10.3. The van der Waals surface area contributed by atoms with E-state index in [9.17, 15) is 14.4 Å². The van der Waals surface area contributed by atoms with Gasteiger partial charge in [0, 0.05) is 0 Å². The highest BCUT2D eigenvalue weighted by molar-refractivity contribution is 5.83. The Morgan fingerprint density at radius 2 is 1.41 bits per heavy atom. The molecule has 0 spiro atoms. The fraction of sp³-hybridized carbons (Fsp3) is 0.375. The molecule has 0 aliphatic rings. The molecule has 8 nitrogen and oxygen atoms in total. The van der Waals surface area contributed by atoms with Crippen LogP contribution in [0.15, 0.2) is 60.7 Å². The third-order valence-electron chi connectivity index (χ3n) is 4.34. The van der Waals surface area contributed by atoms with Crippen molar-refractivity contribution in [2.75, 3.05) is 7.11 Å². The fourth-order valence-electron chi connectivity index (χ4n) is 2.92. The van der Waals surface area contributed by atoms with Crippen molar-refractivity contribution in [3.8, 4) is 0 Å². The van der Waals surface area contributed by atoms with Crippen molar-refractivity contribution >= 4 is 18.2 Å². The van der Waals surface area contributed by atoms with E-state index in [4.69, 9.17) is 14.2 Å². The topological polar surface area (TPSA) is 103 Å². The molecule has 2 aromatic carbocycles. The van der Waals surface area contributed by atoms with Crippen LogP contribution in [0.4, 0.5) is 9.59 Å². The van der Waals surface area contributed by atoms with Crippen LogP contribution in [-0.4, -0.2) is 43.0 Å². The van der Waals surface area contributed by atoms with Crippen LogP contribution in [0.5, 0.6) is 0 Å². The van der Waals surface area contributed by atoms with Crippen molar-refractivity contribution in [3.63, 3.8) is 0 Å². The van der Waals surface area contributed by atoms with Crippen LogP contribution in [0.1, 0.15) is 31.9 Å². The Morgan fingerprint density at radius 1 is 0.844 bits per heavy atom. The molecule has 0 aliphatic carbocycles. The molecule has 0 aromatic heterocycles. The quantitative estimate of drug-likeness (QED) is 0.478. The monoisotopic (exact) mass is 442 g/mol. The highest BCUT2D eigenvalue weighted by Crippen LogP contribution is 2.11. The molecule has 0 heterocycles. The Kier molecular flexibility index (Phi) is 9.07. The van der Waals surface area contributed by atoms with Crippen LogP contribution in [0.2, 0.25) is 0 Å². The summed E-state index contributed by atoms with van der Waals surface area (Å²) >= 11 is 0. The Labute approximate surface area is 188 Å². The smallest absolute Gasteiger partial charge is 0.408 e. The lowest BCUT2D eigenvalue weighted by Gasteiger charge is -2.28. The van der Waals surface area contributed by atoms with Crippen LogP contribution in [0.3, 0.4) is 0 Å². The molecule has 32 heavy (non-hydrogen) atoms. The van der Waals surface area contributed by atoms with E-state index >= 15 is 0 Å². The average Bonchev–Trinajstić information content (AvgIpc) is 2.75. The average molecular weight is 443 g/mol. The highest BCUT2D eigenvalue weighted by Gasteiger charge is 2.34. The zero-order valence-electron chi connectivity index (χ0n) is 18.8. The Balaban J connectivity index is 2.18. The minimum absolute atomic E-state index is 0.0626. The number of esters is 1. The molecule has 0 saturated carbocycles. The molecule has 2 atom stereocenters. The SMILES string of the molecule is COC(=O)[C@H](NC(=O)OC(C)(C)C)[C@H](Cc1ccccc1)NC(=O)OCc1ccccc1. The summed E-state index contributed by atoms with van der Waals surface area (Å²) in [6.45, 7) is 5.19. The molecule has 0 unspecified atom stereocenters. The number of ether oxygens (including phenoxy) is 3. The number of nitrogens with one attached hydrogen (secondary N) is 2. The molecule has 0 fully saturated rings. The zero-order valence-corrected chi connectivity index (χ0v) is 18.8. The van der Waals surface area contributed by atoms with Gasteiger partial charge in [-0.1, -0.05) is 60.7 Å². The molecular formula is C24H30N2O6. The van der Waals surface area contributed by atoms with Crippen molar-refractivity contribution in [2.45, 2.75) is 51.5 Å². The van der Waals surface area contributed by atoms with Crippen LogP contribution in [0, 0.1) is 0 Å². The summed E-state index contributed by atoms with van der Waals surface area (Å²) < 4.78 is 15.4. The van der Waals surface area contributed by atoms with Gasteiger partial charge < -0.3 is 24.8 Å². The van der Waals surface area contributed by atoms with Crippen molar-refractivity contribution in [1.29, 1.82) is 0 Å². The van der Waals surface area contributed by atoms with E-state index in [1.807, 2.05) is 60.7 Å². The van der Waals surface area contributed by atoms with E-state index in [2.05, 4.69) is 10.6 Å². The molecule has 0 radical (unpaired) electrons. The number of carbonyl (C=O) groups is 3. The molecule has 2 rings (SSSR count). The summed E-state index contributed by atoms with van der Waals surface area (Å²) in [4.78, 5) is 37.4. The van der Waals surface area contributed by atoms with Crippen molar-refractivity contribution in [1.82, 2.24) is 10.6 Å². The van der Waals surface area contributed by atoms with E-state index in [1.165, 1.54) is 7.11 Å². The van der Waals surface area contributed by atoms with Crippen LogP contribution in [-0.2, 0) is 32.0 Å². The minimum atomic E-state index is -1.20. The summed E-state index contributed by atoms with van der Waals surface area (Å²) in [5.41, 5.74) is 0.904. The number of carbonyl (C=O) groups excluding carboxylic acids is 3. The second-order valence-corrected chi connectivity index (χ2v) is 8.15. The Morgan fingerprint density at radius 3 is 1.94 bits per heavy atom. The van der Waals surface area contributed by atoms with Gasteiger partial charge in [-0.25, -0.2) is 14.4 Å². The molecule has 172 valence electrons. The van der Waals surface area contributed by atoms with Gasteiger partial charge in [-0.2, -0.15) is 0 Å². The van der Waals surface area contributed by atoms with E-state index in [0.717, 1.165) is 11.1 Å². The first-order chi connectivity index (χ1) is 15.2. The van der Waals surface area contributed by atoms with Gasteiger partial charge in [0.05, 0.1) is 13.2 Å². The van der Waals surface area contributed by atoms with Crippen molar-refractivity contribution in [3.05, 3.63) is 71.8 Å². The maximum atomic E-state index is 12.5. The first kappa shape index (κ1) is 24.7. The largest absolute Gasteiger partial charge is 0.467 e. The number of amides is 2. The summed E-state index contributed by atoms with van der Waals surface area (Å²) in [6, 6.07) is 16.4.